The maximum atomic E-state index is 5.70. The number of benzene rings is 1. The molecular weight excluding hydrogens is 252 g/mol. The molecule has 2 unspecified atom stereocenters. The highest BCUT2D eigenvalue weighted by Gasteiger charge is 2.25. The van der Waals surface area contributed by atoms with Crippen molar-refractivity contribution in [3.8, 4) is 11.3 Å². The zero-order valence-electron chi connectivity index (χ0n) is 11.3. The van der Waals surface area contributed by atoms with Crippen molar-refractivity contribution in [1.82, 2.24) is 4.98 Å². The molecule has 0 spiro atoms. The fraction of sp³-hybridized carbons (Fsp3) is 0.438. The fourth-order valence-corrected chi connectivity index (χ4v) is 3.88. The predicted octanol–water partition coefficient (Wildman–Crippen LogP) is 4.17. The highest BCUT2D eigenvalue weighted by molar-refractivity contribution is 7.10. The summed E-state index contributed by atoms with van der Waals surface area (Å²) in [5.41, 5.74) is 9.16. The van der Waals surface area contributed by atoms with E-state index in [0.717, 1.165) is 11.6 Å². The van der Waals surface area contributed by atoms with Crippen LogP contribution in [0.3, 0.4) is 0 Å². The maximum absolute atomic E-state index is 5.70. The van der Waals surface area contributed by atoms with Crippen LogP contribution in [0.1, 0.15) is 42.7 Å². The highest BCUT2D eigenvalue weighted by atomic mass is 32.1. The lowest BCUT2D eigenvalue weighted by Gasteiger charge is -2.04. The van der Waals surface area contributed by atoms with Gasteiger partial charge in [0.15, 0.2) is 0 Å². The summed E-state index contributed by atoms with van der Waals surface area (Å²) >= 11 is 1.81. The van der Waals surface area contributed by atoms with E-state index in [2.05, 4.69) is 36.6 Å². The first kappa shape index (κ1) is 12.8. The second-order valence-corrected chi connectivity index (χ2v) is 6.48. The van der Waals surface area contributed by atoms with Crippen LogP contribution in [0, 0.1) is 5.92 Å². The molecule has 0 amide bonds. The van der Waals surface area contributed by atoms with Crippen LogP contribution in [-0.2, 0) is 6.54 Å². The highest BCUT2D eigenvalue weighted by Crippen LogP contribution is 2.40. The number of hydrogen-bond acceptors (Lipinski definition) is 3. The van der Waals surface area contributed by atoms with Gasteiger partial charge in [0.05, 0.1) is 10.7 Å². The van der Waals surface area contributed by atoms with Crippen molar-refractivity contribution in [2.45, 2.75) is 38.6 Å². The van der Waals surface area contributed by atoms with Crippen LogP contribution in [0.5, 0.6) is 0 Å². The smallest absolute Gasteiger partial charge is 0.0963 e. The Bertz CT molecular complexity index is 561. The predicted molar refractivity (Wildman–Crippen MR) is 81.2 cm³/mol. The third-order valence-electron chi connectivity index (χ3n) is 4.02. The molecule has 1 aliphatic carbocycles. The lowest BCUT2D eigenvalue weighted by atomic mass is 10.1. The molecule has 1 aliphatic rings. The summed E-state index contributed by atoms with van der Waals surface area (Å²) in [5, 5.41) is 3.51. The average molecular weight is 272 g/mol. The Morgan fingerprint density at radius 3 is 3.00 bits per heavy atom. The van der Waals surface area contributed by atoms with Crippen LogP contribution in [0.2, 0.25) is 0 Å². The molecule has 2 N–H and O–H groups in total. The van der Waals surface area contributed by atoms with Gasteiger partial charge in [-0.15, -0.1) is 11.3 Å². The second kappa shape index (κ2) is 5.43. The van der Waals surface area contributed by atoms with Crippen LogP contribution in [0.25, 0.3) is 11.3 Å². The Balaban J connectivity index is 1.84. The van der Waals surface area contributed by atoms with Crippen LogP contribution < -0.4 is 5.73 Å². The molecule has 0 bridgehead atoms. The Kier molecular flexibility index (Phi) is 3.67. The molecule has 2 aromatic rings. The fourth-order valence-electron chi connectivity index (χ4n) is 2.90. The van der Waals surface area contributed by atoms with Crippen LogP contribution in [0.15, 0.2) is 29.6 Å². The van der Waals surface area contributed by atoms with Gasteiger partial charge in [-0.3, -0.25) is 0 Å². The number of nitrogens with zero attached hydrogens (tertiary/aromatic N) is 1. The molecule has 1 aromatic carbocycles. The minimum Gasteiger partial charge on any atom is -0.326 e. The van der Waals surface area contributed by atoms with E-state index >= 15 is 0 Å². The van der Waals surface area contributed by atoms with Gasteiger partial charge in [-0.05, 0) is 30.4 Å². The second-order valence-electron chi connectivity index (χ2n) is 5.59. The van der Waals surface area contributed by atoms with E-state index in [9.17, 15) is 0 Å². The van der Waals surface area contributed by atoms with Crippen LogP contribution >= 0.6 is 11.3 Å². The summed E-state index contributed by atoms with van der Waals surface area (Å²) in [4.78, 5) is 4.85. The van der Waals surface area contributed by atoms with Crippen molar-refractivity contribution >= 4 is 11.3 Å². The lowest BCUT2D eigenvalue weighted by Crippen LogP contribution is -1.96. The third-order valence-corrected chi connectivity index (χ3v) is 5.03. The minimum atomic E-state index is 0.588. The normalized spacial score (nSPS) is 22.8. The molecule has 1 heterocycles. The molecule has 0 aliphatic heterocycles. The summed E-state index contributed by atoms with van der Waals surface area (Å²) in [6.45, 7) is 2.93. The van der Waals surface area contributed by atoms with Crippen molar-refractivity contribution < 1.29 is 0 Å². The summed E-state index contributed by atoms with van der Waals surface area (Å²) in [5.74, 6) is 1.55. The van der Waals surface area contributed by atoms with E-state index in [1.54, 1.807) is 0 Å². The Hall–Kier alpha value is -1.19. The van der Waals surface area contributed by atoms with E-state index in [0.29, 0.717) is 12.5 Å². The standard InChI is InChI=1S/C16H20N2S/c1-11-5-6-14(7-11)16-18-15(10-19-16)13-4-2-3-12(8-13)9-17/h2-4,8,10-11,14H,5-7,9,17H2,1H3. The summed E-state index contributed by atoms with van der Waals surface area (Å²) in [6.07, 6.45) is 3.95. The van der Waals surface area contributed by atoms with Gasteiger partial charge in [-0.1, -0.05) is 31.5 Å². The molecule has 1 saturated carbocycles. The van der Waals surface area contributed by atoms with Gasteiger partial charge in [0.1, 0.15) is 0 Å². The van der Waals surface area contributed by atoms with Gasteiger partial charge in [0.25, 0.3) is 0 Å². The SMILES string of the molecule is CC1CCC(c2nc(-c3cccc(CN)c3)cs2)C1. The average Bonchev–Trinajstić information content (AvgIpc) is 3.07. The van der Waals surface area contributed by atoms with Crippen molar-refractivity contribution in [3.05, 3.63) is 40.2 Å². The molecule has 100 valence electrons. The first-order valence-corrected chi connectivity index (χ1v) is 7.89. The number of nitrogens with two attached hydrogens (primary N) is 1. The van der Waals surface area contributed by atoms with Crippen LogP contribution in [-0.4, -0.2) is 4.98 Å². The first-order chi connectivity index (χ1) is 9.26. The molecule has 1 fully saturated rings. The van der Waals surface area contributed by atoms with E-state index in [1.807, 2.05) is 11.3 Å². The monoisotopic (exact) mass is 272 g/mol. The van der Waals surface area contributed by atoms with Crippen LogP contribution in [0.4, 0.5) is 0 Å². The molecule has 2 atom stereocenters. The van der Waals surface area contributed by atoms with E-state index in [4.69, 9.17) is 10.7 Å². The number of thiazole rings is 1. The van der Waals surface area contributed by atoms with Crippen molar-refractivity contribution in [2.75, 3.05) is 0 Å². The largest absolute Gasteiger partial charge is 0.326 e. The van der Waals surface area contributed by atoms with Gasteiger partial charge in [0, 0.05) is 23.4 Å². The molecular formula is C16H20N2S. The quantitative estimate of drug-likeness (QED) is 0.910. The minimum absolute atomic E-state index is 0.588. The molecule has 0 saturated heterocycles. The topological polar surface area (TPSA) is 38.9 Å². The number of aromatic nitrogens is 1. The Labute approximate surface area is 118 Å². The third kappa shape index (κ3) is 2.72. The molecule has 3 rings (SSSR count). The van der Waals surface area contributed by atoms with Gasteiger partial charge in [-0.2, -0.15) is 0 Å². The van der Waals surface area contributed by atoms with Crippen molar-refractivity contribution in [3.63, 3.8) is 0 Å². The zero-order chi connectivity index (χ0) is 13.2. The Morgan fingerprint density at radius 1 is 1.37 bits per heavy atom. The summed E-state index contributed by atoms with van der Waals surface area (Å²) < 4.78 is 0. The molecule has 0 radical (unpaired) electrons. The van der Waals surface area contributed by atoms with Crippen molar-refractivity contribution in [1.29, 1.82) is 0 Å². The lowest BCUT2D eigenvalue weighted by molar-refractivity contribution is 0.596. The first-order valence-electron chi connectivity index (χ1n) is 7.01. The maximum Gasteiger partial charge on any atom is 0.0963 e. The van der Waals surface area contributed by atoms with Gasteiger partial charge < -0.3 is 5.73 Å². The summed E-state index contributed by atoms with van der Waals surface area (Å²) in [6, 6.07) is 8.40. The molecule has 1 aromatic heterocycles. The van der Waals surface area contributed by atoms with Crippen molar-refractivity contribution in [2.24, 2.45) is 11.7 Å². The van der Waals surface area contributed by atoms with Gasteiger partial charge in [-0.25, -0.2) is 4.98 Å². The van der Waals surface area contributed by atoms with E-state index < -0.39 is 0 Å². The zero-order valence-corrected chi connectivity index (χ0v) is 12.1. The van der Waals surface area contributed by atoms with E-state index in [-0.39, 0.29) is 0 Å². The molecule has 19 heavy (non-hydrogen) atoms. The number of hydrogen-bond donors (Lipinski definition) is 1. The van der Waals surface area contributed by atoms with Gasteiger partial charge in [0.2, 0.25) is 0 Å². The van der Waals surface area contributed by atoms with Gasteiger partial charge >= 0.3 is 0 Å². The van der Waals surface area contributed by atoms with E-state index in [1.165, 1.54) is 35.4 Å². The Morgan fingerprint density at radius 2 is 2.26 bits per heavy atom. The molecule has 3 heteroatoms. The molecule has 2 nitrogen and oxygen atoms in total. The number of rotatable bonds is 3. The summed E-state index contributed by atoms with van der Waals surface area (Å²) in [7, 11) is 0.